The number of ketones is 1. The van der Waals surface area contributed by atoms with Gasteiger partial charge in [0.25, 0.3) is 0 Å². The summed E-state index contributed by atoms with van der Waals surface area (Å²) in [7, 11) is 0. The van der Waals surface area contributed by atoms with Crippen molar-refractivity contribution in [3.8, 4) is 0 Å². The van der Waals surface area contributed by atoms with Crippen molar-refractivity contribution in [2.45, 2.75) is 44.3 Å². The first-order valence-corrected chi connectivity index (χ1v) is 8.97. The molecular formula is C21H19F3N2O2. The van der Waals surface area contributed by atoms with Gasteiger partial charge in [-0.25, -0.2) is 0 Å². The first kappa shape index (κ1) is 18.7. The smallest absolute Gasteiger partial charge is 0.319 e. The summed E-state index contributed by atoms with van der Waals surface area (Å²) < 4.78 is 38.8. The summed E-state index contributed by atoms with van der Waals surface area (Å²) in [6.45, 7) is 4.13. The van der Waals surface area contributed by atoms with Crippen molar-refractivity contribution in [1.29, 1.82) is 0 Å². The second-order valence-corrected chi connectivity index (χ2v) is 7.64. The molecule has 2 fully saturated rings. The van der Waals surface area contributed by atoms with E-state index in [1.54, 1.807) is 9.80 Å². The largest absolute Gasteiger partial charge is 0.416 e. The molecule has 2 aliphatic heterocycles. The molecular weight excluding hydrogens is 369 g/mol. The summed E-state index contributed by atoms with van der Waals surface area (Å²) in [5, 5.41) is 0. The van der Waals surface area contributed by atoms with E-state index in [1.807, 2.05) is 44.2 Å². The number of rotatable bonds is 4. The van der Waals surface area contributed by atoms with Crippen LogP contribution < -0.4 is 0 Å². The van der Waals surface area contributed by atoms with Crippen LogP contribution in [0.1, 0.15) is 35.3 Å². The molecule has 0 aliphatic carbocycles. The van der Waals surface area contributed by atoms with Crippen LogP contribution in [-0.2, 0) is 17.5 Å². The highest BCUT2D eigenvalue weighted by molar-refractivity contribution is 6.09. The minimum absolute atomic E-state index is 0.0209. The zero-order valence-corrected chi connectivity index (χ0v) is 15.4. The van der Waals surface area contributed by atoms with Gasteiger partial charge in [0.15, 0.2) is 5.78 Å². The molecule has 0 saturated carbocycles. The maximum Gasteiger partial charge on any atom is 0.416 e. The maximum absolute atomic E-state index is 12.9. The van der Waals surface area contributed by atoms with Gasteiger partial charge in [-0.2, -0.15) is 13.2 Å². The van der Waals surface area contributed by atoms with Gasteiger partial charge in [-0.15, -0.1) is 0 Å². The number of carbonyl (C=O) groups is 2. The van der Waals surface area contributed by atoms with Gasteiger partial charge in [-0.3, -0.25) is 14.5 Å². The van der Waals surface area contributed by atoms with Gasteiger partial charge in [0.05, 0.1) is 11.2 Å². The molecule has 7 heteroatoms. The second kappa shape index (κ2) is 6.17. The van der Waals surface area contributed by atoms with Crippen molar-refractivity contribution < 1.29 is 22.8 Å². The standard InChI is InChI=1S/C21H19F3N2O2/c1-20(2)25(12-13-7-4-3-5-8-13)19(28)17-16(26(17)20)18(27)14-9-6-10-15(11-14)21(22,23)24/h3-11,16-17H,12H2,1-2H3/t16-,17+,26?/m1/s1. The number of amides is 1. The highest BCUT2D eigenvalue weighted by Crippen LogP contribution is 2.48. The number of nitrogens with zero attached hydrogens (tertiary/aromatic N) is 2. The van der Waals surface area contributed by atoms with Crippen LogP contribution in [0.3, 0.4) is 0 Å². The van der Waals surface area contributed by atoms with E-state index in [4.69, 9.17) is 0 Å². The summed E-state index contributed by atoms with van der Waals surface area (Å²) in [4.78, 5) is 29.2. The lowest BCUT2D eigenvalue weighted by Crippen LogP contribution is -2.49. The van der Waals surface area contributed by atoms with Crippen molar-refractivity contribution >= 4 is 11.7 Å². The van der Waals surface area contributed by atoms with Gasteiger partial charge >= 0.3 is 6.18 Å². The number of hydrogen-bond acceptors (Lipinski definition) is 3. The molecule has 2 aromatic carbocycles. The molecule has 0 aromatic heterocycles. The molecule has 146 valence electrons. The third kappa shape index (κ3) is 2.90. The average molecular weight is 388 g/mol. The number of Topliss-reactive ketones (excluding diaryl/α,β-unsaturated/α-hetero) is 1. The number of benzene rings is 2. The van der Waals surface area contributed by atoms with Gasteiger partial charge in [0.2, 0.25) is 5.91 Å². The topological polar surface area (TPSA) is 40.4 Å². The lowest BCUT2D eigenvalue weighted by atomic mass is 10.0. The minimum Gasteiger partial charge on any atom is -0.319 e. The molecule has 2 aromatic rings. The third-order valence-electron chi connectivity index (χ3n) is 5.55. The van der Waals surface area contributed by atoms with E-state index in [2.05, 4.69) is 0 Å². The van der Waals surface area contributed by atoms with Crippen LogP contribution in [0.15, 0.2) is 54.6 Å². The van der Waals surface area contributed by atoms with Crippen LogP contribution >= 0.6 is 0 Å². The van der Waals surface area contributed by atoms with E-state index >= 15 is 0 Å². The Bertz CT molecular complexity index is 940. The van der Waals surface area contributed by atoms with E-state index in [9.17, 15) is 22.8 Å². The zero-order chi connectivity index (χ0) is 20.3. The Morgan fingerprint density at radius 2 is 1.75 bits per heavy atom. The maximum atomic E-state index is 12.9. The molecule has 2 saturated heterocycles. The average Bonchev–Trinajstić information content (AvgIpc) is 3.37. The van der Waals surface area contributed by atoms with E-state index in [1.165, 1.54) is 12.1 Å². The lowest BCUT2D eigenvalue weighted by Gasteiger charge is -2.36. The molecule has 28 heavy (non-hydrogen) atoms. The summed E-state index contributed by atoms with van der Waals surface area (Å²) in [6.07, 6.45) is -4.52. The number of halogens is 3. The number of alkyl halides is 3. The van der Waals surface area contributed by atoms with Gasteiger partial charge in [0.1, 0.15) is 12.1 Å². The molecule has 1 unspecified atom stereocenters. The number of fused-ring (bicyclic) bond motifs is 1. The summed E-state index contributed by atoms with van der Waals surface area (Å²) in [5.74, 6) is -0.615. The van der Waals surface area contributed by atoms with Crippen molar-refractivity contribution in [3.63, 3.8) is 0 Å². The van der Waals surface area contributed by atoms with Crippen LogP contribution in [-0.4, -0.2) is 39.2 Å². The number of hydrogen-bond donors (Lipinski definition) is 0. The fourth-order valence-corrected chi connectivity index (χ4v) is 4.06. The highest BCUT2D eigenvalue weighted by atomic mass is 19.4. The first-order valence-electron chi connectivity index (χ1n) is 8.97. The Labute approximate surface area is 160 Å². The molecule has 2 heterocycles. The highest BCUT2D eigenvalue weighted by Gasteiger charge is 2.70. The van der Waals surface area contributed by atoms with Crippen molar-refractivity contribution in [1.82, 2.24) is 9.80 Å². The fraction of sp³-hybridized carbons (Fsp3) is 0.333. The zero-order valence-electron chi connectivity index (χ0n) is 15.4. The second-order valence-electron chi connectivity index (χ2n) is 7.64. The first-order chi connectivity index (χ1) is 13.1. The Morgan fingerprint density at radius 1 is 1.07 bits per heavy atom. The van der Waals surface area contributed by atoms with E-state index in [0.29, 0.717) is 6.54 Å². The van der Waals surface area contributed by atoms with Crippen LogP contribution in [0.5, 0.6) is 0 Å². The minimum atomic E-state index is -4.52. The van der Waals surface area contributed by atoms with Crippen molar-refractivity contribution in [2.75, 3.05) is 0 Å². The quantitative estimate of drug-likeness (QED) is 0.592. The normalized spacial score (nSPS) is 25.5. The fourth-order valence-electron chi connectivity index (χ4n) is 4.06. The van der Waals surface area contributed by atoms with Gasteiger partial charge < -0.3 is 4.90 Å². The molecule has 0 spiro atoms. The van der Waals surface area contributed by atoms with Gasteiger partial charge in [-0.1, -0.05) is 42.5 Å². The van der Waals surface area contributed by atoms with Crippen LogP contribution in [0.4, 0.5) is 13.2 Å². The summed E-state index contributed by atoms with van der Waals surface area (Å²) in [5.41, 5.74) is -0.602. The summed E-state index contributed by atoms with van der Waals surface area (Å²) in [6, 6.07) is 12.6. The Kier molecular flexibility index (Phi) is 4.12. The van der Waals surface area contributed by atoms with Crippen LogP contribution in [0.2, 0.25) is 0 Å². The molecule has 4 nitrogen and oxygen atoms in total. The molecule has 1 amide bonds. The molecule has 4 rings (SSSR count). The van der Waals surface area contributed by atoms with Crippen LogP contribution in [0, 0.1) is 0 Å². The molecule has 2 aliphatic rings. The number of carbonyl (C=O) groups excluding carboxylic acids is 2. The van der Waals surface area contributed by atoms with Gasteiger partial charge in [-0.05, 0) is 31.5 Å². The SMILES string of the molecule is CC1(C)N(Cc2ccccc2)C(=O)[C@@H]2[C@H](C(=O)c3cccc(C(F)(F)F)c3)N21. The Morgan fingerprint density at radius 3 is 2.32 bits per heavy atom. The molecule has 0 radical (unpaired) electrons. The van der Waals surface area contributed by atoms with Crippen molar-refractivity contribution in [2.24, 2.45) is 0 Å². The molecule has 3 atom stereocenters. The monoisotopic (exact) mass is 388 g/mol. The summed E-state index contributed by atoms with van der Waals surface area (Å²) >= 11 is 0. The van der Waals surface area contributed by atoms with E-state index in [0.717, 1.165) is 17.7 Å². The van der Waals surface area contributed by atoms with E-state index in [-0.39, 0.29) is 11.5 Å². The predicted octanol–water partition coefficient (Wildman–Crippen LogP) is 3.72. The Balaban J connectivity index is 1.55. The van der Waals surface area contributed by atoms with E-state index < -0.39 is 35.3 Å². The van der Waals surface area contributed by atoms with Crippen LogP contribution in [0.25, 0.3) is 0 Å². The lowest BCUT2D eigenvalue weighted by molar-refractivity contribution is -0.137. The van der Waals surface area contributed by atoms with Crippen molar-refractivity contribution in [3.05, 3.63) is 71.3 Å². The third-order valence-corrected chi connectivity index (χ3v) is 5.55. The van der Waals surface area contributed by atoms with Gasteiger partial charge in [0, 0.05) is 12.1 Å². The molecule has 0 bridgehead atoms. The Hall–Kier alpha value is -2.67. The predicted molar refractivity (Wildman–Crippen MR) is 96.3 cm³/mol. The molecule has 0 N–H and O–H groups in total.